The van der Waals surface area contributed by atoms with Crippen molar-refractivity contribution in [3.8, 4) is 17.6 Å². The van der Waals surface area contributed by atoms with Crippen LogP contribution in [0.25, 0.3) is 0 Å². The molecule has 0 spiro atoms. The van der Waals surface area contributed by atoms with Crippen molar-refractivity contribution in [3.63, 3.8) is 0 Å². The van der Waals surface area contributed by atoms with Gasteiger partial charge in [0.05, 0.1) is 17.2 Å². The summed E-state index contributed by atoms with van der Waals surface area (Å²) in [4.78, 5) is 0. The van der Waals surface area contributed by atoms with Crippen molar-refractivity contribution < 1.29 is 17.9 Å². The minimum Gasteiger partial charge on any atom is -0.457 e. The van der Waals surface area contributed by atoms with Crippen LogP contribution in [-0.4, -0.2) is 0 Å². The zero-order valence-electron chi connectivity index (χ0n) is 14.3. The molecule has 6 heteroatoms. The topological polar surface area (TPSA) is 45.0 Å². The molecule has 0 fully saturated rings. The summed E-state index contributed by atoms with van der Waals surface area (Å²) in [5.41, 5.74) is 0.354. The molecule has 3 nitrogen and oxygen atoms in total. The number of rotatable bonds is 5. The number of nitrogens with one attached hydrogen (secondary N) is 1. The number of allylic oxidation sites excluding steroid dienone is 4. The molecule has 0 aliphatic carbocycles. The van der Waals surface area contributed by atoms with Gasteiger partial charge in [-0.2, -0.15) is 18.4 Å². The van der Waals surface area contributed by atoms with Crippen molar-refractivity contribution in [2.24, 2.45) is 0 Å². The number of ether oxygens (including phenoxy) is 1. The van der Waals surface area contributed by atoms with E-state index in [1.54, 1.807) is 30.3 Å². The third-order valence-electron chi connectivity index (χ3n) is 3.39. The van der Waals surface area contributed by atoms with Gasteiger partial charge in [-0.05, 0) is 62.4 Å². The van der Waals surface area contributed by atoms with E-state index in [1.807, 2.05) is 32.1 Å². The maximum atomic E-state index is 12.8. The Bertz CT molecular complexity index is 860. The van der Waals surface area contributed by atoms with Crippen molar-refractivity contribution in [1.82, 2.24) is 0 Å². The lowest BCUT2D eigenvalue weighted by molar-refractivity contribution is -0.137. The largest absolute Gasteiger partial charge is 0.457 e. The van der Waals surface area contributed by atoms with E-state index in [2.05, 4.69) is 5.32 Å². The molecule has 0 atom stereocenters. The van der Waals surface area contributed by atoms with Crippen LogP contribution in [0.1, 0.15) is 25.0 Å². The highest BCUT2D eigenvalue weighted by atomic mass is 19.4. The molecule has 2 aromatic rings. The maximum absolute atomic E-state index is 12.8. The average Bonchev–Trinajstić information content (AvgIpc) is 2.60. The van der Waals surface area contributed by atoms with E-state index in [-0.39, 0.29) is 5.75 Å². The highest BCUT2D eigenvalue weighted by molar-refractivity contribution is 5.52. The summed E-state index contributed by atoms with van der Waals surface area (Å²) in [5, 5.41) is 12.1. The fraction of sp³-hybridized carbons (Fsp3) is 0.150. The number of anilines is 1. The molecule has 0 unspecified atom stereocenters. The molecule has 0 aliphatic rings. The second-order valence-electron chi connectivity index (χ2n) is 5.44. The van der Waals surface area contributed by atoms with Crippen molar-refractivity contribution in [1.29, 1.82) is 5.26 Å². The second-order valence-corrected chi connectivity index (χ2v) is 5.44. The Morgan fingerprint density at radius 3 is 2.35 bits per heavy atom. The Kier molecular flexibility index (Phi) is 6.07. The number of nitrogens with zero attached hydrogens (tertiary/aromatic N) is 1. The summed E-state index contributed by atoms with van der Waals surface area (Å²) in [6.45, 7) is 3.85. The third-order valence-corrected chi connectivity index (χ3v) is 3.39. The Labute approximate surface area is 150 Å². The van der Waals surface area contributed by atoms with Crippen LogP contribution in [0.5, 0.6) is 11.5 Å². The Hall–Kier alpha value is -3.20. The van der Waals surface area contributed by atoms with E-state index in [9.17, 15) is 13.2 Å². The van der Waals surface area contributed by atoms with E-state index >= 15 is 0 Å². The van der Waals surface area contributed by atoms with E-state index in [4.69, 9.17) is 10.00 Å². The number of alkyl halides is 3. The molecule has 0 saturated carbocycles. The molecule has 0 aliphatic heterocycles. The van der Waals surface area contributed by atoms with Crippen LogP contribution in [0.4, 0.5) is 18.9 Å². The smallest absolute Gasteiger partial charge is 0.417 e. The summed E-state index contributed by atoms with van der Waals surface area (Å²) in [6.07, 6.45) is 1.18. The molecule has 2 rings (SSSR count). The van der Waals surface area contributed by atoms with Gasteiger partial charge in [0, 0.05) is 11.4 Å². The Morgan fingerprint density at radius 1 is 1.12 bits per heavy atom. The lowest BCUT2D eigenvalue weighted by Gasteiger charge is -2.12. The molecular weight excluding hydrogens is 341 g/mol. The lowest BCUT2D eigenvalue weighted by Crippen LogP contribution is -2.07. The lowest BCUT2D eigenvalue weighted by atomic mass is 10.1. The van der Waals surface area contributed by atoms with Gasteiger partial charge in [0.15, 0.2) is 0 Å². The predicted octanol–water partition coefficient (Wildman–Crippen LogP) is 6.26. The van der Waals surface area contributed by atoms with E-state index in [0.29, 0.717) is 5.75 Å². The fourth-order valence-electron chi connectivity index (χ4n) is 2.18. The number of nitriles is 1. The highest BCUT2D eigenvalue weighted by Gasteiger charge is 2.33. The van der Waals surface area contributed by atoms with Crippen LogP contribution in [0.3, 0.4) is 0 Å². The molecule has 1 N–H and O–H groups in total. The van der Waals surface area contributed by atoms with Crippen molar-refractivity contribution in [2.75, 3.05) is 5.32 Å². The highest BCUT2D eigenvalue weighted by Crippen LogP contribution is 2.34. The average molecular weight is 358 g/mol. The third kappa shape index (κ3) is 5.15. The molecule has 0 radical (unpaired) electrons. The molecule has 0 saturated heterocycles. The summed E-state index contributed by atoms with van der Waals surface area (Å²) in [5.74, 6) is 0.619. The number of halogens is 3. The van der Waals surface area contributed by atoms with Crippen molar-refractivity contribution in [3.05, 3.63) is 77.5 Å². The molecule has 26 heavy (non-hydrogen) atoms. The van der Waals surface area contributed by atoms with Gasteiger partial charge in [0.1, 0.15) is 11.5 Å². The van der Waals surface area contributed by atoms with Gasteiger partial charge in [-0.1, -0.05) is 12.2 Å². The second kappa shape index (κ2) is 8.26. The van der Waals surface area contributed by atoms with E-state index in [0.717, 1.165) is 23.5 Å². The SMILES string of the molecule is C/C=C\C=C(/C)Nc1ccc(Oc2ccc(C(F)(F)F)c(C#N)c2)cc1. The molecule has 2 aromatic carbocycles. The maximum Gasteiger partial charge on any atom is 0.417 e. The van der Waals surface area contributed by atoms with Gasteiger partial charge in [0.25, 0.3) is 0 Å². The molecule has 0 amide bonds. The number of hydrogen-bond donors (Lipinski definition) is 1. The molecule has 0 bridgehead atoms. The standard InChI is InChI=1S/C20H17F3N2O/c1-3-4-5-14(2)25-16-6-8-17(9-7-16)26-18-10-11-19(20(21,22)23)15(12-18)13-24/h3-12,25H,1-2H3/b4-3-,14-5+. The molecular formula is C20H17F3N2O. The van der Waals surface area contributed by atoms with Gasteiger partial charge < -0.3 is 10.1 Å². The number of benzene rings is 2. The van der Waals surface area contributed by atoms with E-state index in [1.165, 1.54) is 6.07 Å². The van der Waals surface area contributed by atoms with Gasteiger partial charge in [0.2, 0.25) is 0 Å². The molecule has 0 aromatic heterocycles. The summed E-state index contributed by atoms with van der Waals surface area (Å²) < 4.78 is 44.0. The zero-order valence-corrected chi connectivity index (χ0v) is 14.3. The minimum atomic E-state index is -4.57. The quantitative estimate of drug-likeness (QED) is 0.642. The van der Waals surface area contributed by atoms with Gasteiger partial charge in [-0.25, -0.2) is 0 Å². The predicted molar refractivity (Wildman–Crippen MR) is 94.9 cm³/mol. The van der Waals surface area contributed by atoms with Crippen LogP contribution >= 0.6 is 0 Å². The summed E-state index contributed by atoms with van der Waals surface area (Å²) >= 11 is 0. The Balaban J connectivity index is 2.13. The normalized spacial score (nSPS) is 12.1. The fourth-order valence-corrected chi connectivity index (χ4v) is 2.18. The first-order valence-corrected chi connectivity index (χ1v) is 7.79. The van der Waals surface area contributed by atoms with Crippen LogP contribution < -0.4 is 10.1 Å². The Morgan fingerprint density at radius 2 is 1.77 bits per heavy atom. The number of hydrogen-bond acceptors (Lipinski definition) is 3. The molecule has 0 heterocycles. The van der Waals surface area contributed by atoms with Gasteiger partial charge >= 0.3 is 6.18 Å². The van der Waals surface area contributed by atoms with E-state index < -0.39 is 17.3 Å². The van der Waals surface area contributed by atoms with Crippen molar-refractivity contribution in [2.45, 2.75) is 20.0 Å². The van der Waals surface area contributed by atoms with Crippen molar-refractivity contribution >= 4 is 5.69 Å². The first-order valence-electron chi connectivity index (χ1n) is 7.79. The van der Waals surface area contributed by atoms with Crippen LogP contribution in [0.2, 0.25) is 0 Å². The monoisotopic (exact) mass is 358 g/mol. The summed E-state index contributed by atoms with van der Waals surface area (Å²) in [6, 6.07) is 11.6. The first-order chi connectivity index (χ1) is 12.3. The zero-order chi connectivity index (χ0) is 19.2. The molecule has 134 valence electrons. The van der Waals surface area contributed by atoms with Gasteiger partial charge in [-0.3, -0.25) is 0 Å². The van der Waals surface area contributed by atoms with Gasteiger partial charge in [-0.15, -0.1) is 0 Å². The van der Waals surface area contributed by atoms with Crippen LogP contribution in [0.15, 0.2) is 66.4 Å². The van der Waals surface area contributed by atoms with Crippen LogP contribution in [0, 0.1) is 11.3 Å². The van der Waals surface area contributed by atoms with Crippen LogP contribution in [-0.2, 0) is 6.18 Å². The first kappa shape index (κ1) is 19.1. The minimum absolute atomic E-state index is 0.166. The summed E-state index contributed by atoms with van der Waals surface area (Å²) in [7, 11) is 0.